The van der Waals surface area contributed by atoms with Gasteiger partial charge in [-0.3, -0.25) is 10.1 Å². The third-order valence-electron chi connectivity index (χ3n) is 1.83. The summed E-state index contributed by atoms with van der Waals surface area (Å²) >= 11 is 0. The first-order valence-electron chi connectivity index (χ1n) is 4.47. The maximum atomic E-state index is 10.9. The van der Waals surface area contributed by atoms with E-state index in [1.807, 2.05) is 0 Å². The number of rotatable bonds is 5. The third kappa shape index (κ3) is 4.11. The first kappa shape index (κ1) is 11.7. The molecule has 86 valence electrons. The number of ether oxygens (including phenoxy) is 3. The van der Waals surface area contributed by atoms with E-state index in [0.717, 1.165) is 0 Å². The lowest BCUT2D eigenvalue weighted by molar-refractivity contribution is -0.563. The van der Waals surface area contributed by atoms with Gasteiger partial charge < -0.3 is 14.2 Å². The zero-order valence-corrected chi connectivity index (χ0v) is 8.60. The largest absolute Gasteiger partial charge is 0.508 e. The lowest BCUT2D eigenvalue weighted by Crippen LogP contribution is -2.37. The van der Waals surface area contributed by atoms with Gasteiger partial charge in [0.15, 0.2) is 6.61 Å². The average Bonchev–Trinajstić information content (AvgIpc) is 2.94. The highest BCUT2D eigenvalue weighted by Crippen LogP contribution is 2.11. The Balaban J connectivity index is 2.17. The van der Waals surface area contributed by atoms with E-state index >= 15 is 0 Å². The van der Waals surface area contributed by atoms with Gasteiger partial charge in [-0.05, 0) is 0 Å². The molecule has 1 heterocycles. The van der Waals surface area contributed by atoms with Gasteiger partial charge in [0.05, 0.1) is 6.61 Å². The summed E-state index contributed by atoms with van der Waals surface area (Å²) in [6.45, 7) is 3.13. The number of carbonyl (C=O) groups is 1. The molecule has 1 fully saturated rings. The molecule has 0 aromatic rings. The van der Waals surface area contributed by atoms with E-state index in [1.54, 1.807) is 0 Å². The molecule has 1 saturated heterocycles. The summed E-state index contributed by atoms with van der Waals surface area (Å²) in [5, 5.41) is 10.5. The fourth-order valence-corrected chi connectivity index (χ4v) is 0.655. The van der Waals surface area contributed by atoms with Crippen LogP contribution in [0.1, 0.15) is 13.8 Å². The van der Waals surface area contributed by atoms with Crippen LogP contribution in [0, 0.1) is 10.1 Å². The highest BCUT2D eigenvalue weighted by Gasteiger charge is 2.33. The van der Waals surface area contributed by atoms with Crippen LogP contribution in [0.3, 0.4) is 0 Å². The van der Waals surface area contributed by atoms with E-state index < -0.39 is 16.6 Å². The topological polar surface area (TPSA) is 91.2 Å². The van der Waals surface area contributed by atoms with Crippen molar-refractivity contribution in [2.45, 2.75) is 25.5 Å². The molecule has 0 radical (unpaired) electrons. The molecule has 0 saturated carbocycles. The van der Waals surface area contributed by atoms with Crippen molar-refractivity contribution < 1.29 is 23.9 Å². The number of hydrogen-bond donors (Lipinski definition) is 0. The molecule has 7 heteroatoms. The van der Waals surface area contributed by atoms with Crippen LogP contribution in [0.25, 0.3) is 0 Å². The summed E-state index contributed by atoms with van der Waals surface area (Å²) < 4.78 is 14.0. The summed E-state index contributed by atoms with van der Waals surface area (Å²) in [5.41, 5.74) is -1.30. The smallest absolute Gasteiger partial charge is 0.431 e. The molecule has 0 aromatic carbocycles. The minimum atomic E-state index is -1.30. The van der Waals surface area contributed by atoms with Crippen LogP contribution in [0.15, 0.2) is 0 Å². The average molecular weight is 219 g/mol. The van der Waals surface area contributed by atoms with Gasteiger partial charge in [-0.15, -0.1) is 0 Å². The standard InChI is InChI=1S/C8H13NO6/c1-8(2,9(11)12)5-15-7(10)14-4-6-3-13-6/h6H,3-5H2,1-2H3. The number of nitrogens with zero attached hydrogens (tertiary/aromatic N) is 1. The van der Waals surface area contributed by atoms with Crippen LogP contribution >= 0.6 is 0 Å². The van der Waals surface area contributed by atoms with E-state index in [1.165, 1.54) is 13.8 Å². The molecular formula is C8H13NO6. The zero-order valence-electron chi connectivity index (χ0n) is 8.60. The highest BCUT2D eigenvalue weighted by molar-refractivity contribution is 5.59. The summed E-state index contributed by atoms with van der Waals surface area (Å²) in [4.78, 5) is 20.9. The van der Waals surface area contributed by atoms with Crippen molar-refractivity contribution in [2.24, 2.45) is 0 Å². The van der Waals surface area contributed by atoms with Crippen molar-refractivity contribution in [3.63, 3.8) is 0 Å². The van der Waals surface area contributed by atoms with E-state index in [9.17, 15) is 14.9 Å². The van der Waals surface area contributed by atoms with Gasteiger partial charge in [-0.2, -0.15) is 0 Å². The number of hydrogen-bond acceptors (Lipinski definition) is 6. The lowest BCUT2D eigenvalue weighted by Gasteiger charge is -2.14. The molecule has 0 aliphatic carbocycles. The highest BCUT2D eigenvalue weighted by atomic mass is 16.7. The Morgan fingerprint density at radius 1 is 1.60 bits per heavy atom. The minimum Gasteiger partial charge on any atom is -0.431 e. The number of epoxide rings is 1. The fraction of sp³-hybridized carbons (Fsp3) is 0.875. The van der Waals surface area contributed by atoms with Crippen LogP contribution < -0.4 is 0 Å². The van der Waals surface area contributed by atoms with Crippen LogP contribution in [0.4, 0.5) is 4.79 Å². The van der Waals surface area contributed by atoms with Crippen molar-refractivity contribution >= 4 is 6.16 Å². The van der Waals surface area contributed by atoms with Gasteiger partial charge in [-0.25, -0.2) is 4.79 Å². The molecule has 1 aliphatic heterocycles. The van der Waals surface area contributed by atoms with Gasteiger partial charge in [0.1, 0.15) is 12.7 Å². The summed E-state index contributed by atoms with van der Waals surface area (Å²) in [5.74, 6) is 0. The lowest BCUT2D eigenvalue weighted by atomic mass is 10.1. The Bertz CT molecular complexity index is 260. The number of carbonyl (C=O) groups excluding carboxylic acids is 1. The molecule has 0 spiro atoms. The molecule has 1 atom stereocenters. The Morgan fingerprint density at radius 2 is 2.20 bits per heavy atom. The van der Waals surface area contributed by atoms with Crippen LogP contribution in [0.2, 0.25) is 0 Å². The van der Waals surface area contributed by atoms with Crippen LogP contribution in [-0.2, 0) is 14.2 Å². The molecule has 0 N–H and O–H groups in total. The monoisotopic (exact) mass is 219 g/mol. The second-order valence-electron chi connectivity index (χ2n) is 3.87. The van der Waals surface area contributed by atoms with Crippen molar-refractivity contribution in [1.29, 1.82) is 0 Å². The molecular weight excluding hydrogens is 206 g/mol. The third-order valence-corrected chi connectivity index (χ3v) is 1.83. The minimum absolute atomic E-state index is 0.0407. The SMILES string of the molecule is CC(C)(COC(=O)OCC1CO1)[N+](=O)[O-]. The summed E-state index contributed by atoms with van der Waals surface area (Å²) in [6.07, 6.45) is -0.943. The summed E-state index contributed by atoms with van der Waals surface area (Å²) in [6, 6.07) is 0. The maximum absolute atomic E-state index is 10.9. The Morgan fingerprint density at radius 3 is 2.67 bits per heavy atom. The van der Waals surface area contributed by atoms with Crippen molar-refractivity contribution in [1.82, 2.24) is 0 Å². The first-order chi connectivity index (χ1) is 6.92. The van der Waals surface area contributed by atoms with E-state index in [-0.39, 0.29) is 19.3 Å². The van der Waals surface area contributed by atoms with Crippen molar-refractivity contribution in [2.75, 3.05) is 19.8 Å². The molecule has 7 nitrogen and oxygen atoms in total. The first-order valence-corrected chi connectivity index (χ1v) is 4.47. The van der Waals surface area contributed by atoms with Gasteiger partial charge in [0.2, 0.25) is 5.54 Å². The van der Waals surface area contributed by atoms with Gasteiger partial charge in [-0.1, -0.05) is 0 Å². The Kier molecular flexibility index (Phi) is 3.46. The zero-order chi connectivity index (χ0) is 11.5. The van der Waals surface area contributed by atoms with Crippen LogP contribution in [0.5, 0.6) is 0 Å². The quantitative estimate of drug-likeness (QED) is 0.291. The van der Waals surface area contributed by atoms with Crippen molar-refractivity contribution in [3.05, 3.63) is 10.1 Å². The predicted octanol–water partition coefficient (Wildman–Crippen LogP) is 0.594. The molecule has 1 aliphatic rings. The predicted molar refractivity (Wildman–Crippen MR) is 48.1 cm³/mol. The second kappa shape index (κ2) is 4.43. The van der Waals surface area contributed by atoms with E-state index in [4.69, 9.17) is 4.74 Å². The molecule has 1 rings (SSSR count). The van der Waals surface area contributed by atoms with Gasteiger partial charge in [0.25, 0.3) is 0 Å². The Hall–Kier alpha value is -1.37. The van der Waals surface area contributed by atoms with Crippen LogP contribution in [-0.4, -0.2) is 42.5 Å². The fourth-order valence-electron chi connectivity index (χ4n) is 0.655. The van der Waals surface area contributed by atoms with E-state index in [0.29, 0.717) is 6.61 Å². The molecule has 15 heavy (non-hydrogen) atoms. The maximum Gasteiger partial charge on any atom is 0.508 e. The second-order valence-corrected chi connectivity index (χ2v) is 3.87. The summed E-state index contributed by atoms with van der Waals surface area (Å²) in [7, 11) is 0. The molecule has 1 unspecified atom stereocenters. The Labute approximate surface area is 86.4 Å². The normalized spacial score (nSPS) is 19.5. The molecule has 0 amide bonds. The number of nitro groups is 1. The van der Waals surface area contributed by atoms with E-state index in [2.05, 4.69) is 9.47 Å². The molecule has 0 aromatic heterocycles. The molecule has 0 bridgehead atoms. The van der Waals surface area contributed by atoms with Crippen molar-refractivity contribution in [3.8, 4) is 0 Å². The van der Waals surface area contributed by atoms with Gasteiger partial charge >= 0.3 is 6.16 Å². The van der Waals surface area contributed by atoms with Gasteiger partial charge in [0, 0.05) is 18.8 Å².